The second-order valence-electron chi connectivity index (χ2n) is 12.5. The number of Topliss-reactive ketones (excluding diaryl/α,β-unsaturated/α-hetero) is 1. The van der Waals surface area contributed by atoms with E-state index in [0.29, 0.717) is 72.9 Å². The molecular weight excluding hydrogens is 749 g/mol. The molecule has 3 aliphatic heterocycles. The highest BCUT2D eigenvalue weighted by Gasteiger charge is 2.36. The van der Waals surface area contributed by atoms with Crippen LogP contribution in [0.25, 0.3) is 0 Å². The lowest BCUT2D eigenvalue weighted by Crippen LogP contribution is -2.57. The number of hydrogen-bond acceptors (Lipinski definition) is 5. The van der Waals surface area contributed by atoms with E-state index in [1.807, 2.05) is 29.2 Å². The van der Waals surface area contributed by atoms with Gasteiger partial charge in [-0.3, -0.25) is 9.59 Å². The molecule has 3 heterocycles. The fraction of sp³-hybridized carbons (Fsp3) is 0.371. The van der Waals surface area contributed by atoms with Crippen molar-refractivity contribution in [2.24, 2.45) is 5.92 Å². The summed E-state index contributed by atoms with van der Waals surface area (Å²) in [4.78, 5) is 58.7. The molecule has 1 atom stereocenters. The predicted molar refractivity (Wildman–Crippen MR) is 185 cm³/mol. The summed E-state index contributed by atoms with van der Waals surface area (Å²) in [5.41, 5.74) is 3.05. The zero-order valence-corrected chi connectivity index (χ0v) is 29.3. The second-order valence-corrected chi connectivity index (χ2v) is 14.2. The summed E-state index contributed by atoms with van der Waals surface area (Å²) in [5.74, 6) is -0.978. The van der Waals surface area contributed by atoms with Crippen LogP contribution < -0.4 is 10.6 Å². The maximum atomic E-state index is 14.0. The van der Waals surface area contributed by atoms with Gasteiger partial charge in [-0.05, 0) is 111 Å². The van der Waals surface area contributed by atoms with Crippen LogP contribution in [0.2, 0.25) is 0 Å². The van der Waals surface area contributed by atoms with E-state index in [4.69, 9.17) is 0 Å². The third-order valence-corrected chi connectivity index (χ3v) is 10.7. The molecule has 0 unspecified atom stereocenters. The third-order valence-electron chi connectivity index (χ3n) is 9.47. The number of carbonyl (C=O) groups excluding carboxylic acids is 4. The van der Waals surface area contributed by atoms with Crippen LogP contribution in [0.3, 0.4) is 0 Å². The van der Waals surface area contributed by atoms with E-state index < -0.39 is 11.9 Å². The standard InChI is InChI=1S/C35H36Br2FN5O5/c36-27-17-21(18-28(37)32(27)45)19-30(33(46)41-13-9-23(10-14-41)31(44)22-5-7-25(38)8-6-22)40-34(47)42-15-11-26(12-16-42)43-20-24-3-1-2-4-29(24)39-35(43)48/h1-8,17-18,23,26,30,45H,9-16,19-20H2,(H,39,48)(H,40,47)/t30-/m1/s1. The van der Waals surface area contributed by atoms with Crippen molar-refractivity contribution in [1.29, 1.82) is 0 Å². The molecule has 3 aliphatic rings. The Balaban J connectivity index is 1.10. The Morgan fingerprint density at radius 3 is 2.21 bits per heavy atom. The van der Waals surface area contributed by atoms with Gasteiger partial charge in [-0.1, -0.05) is 18.2 Å². The van der Waals surface area contributed by atoms with E-state index in [2.05, 4.69) is 42.5 Å². The molecule has 6 rings (SSSR count). The number of likely N-dealkylation sites (tertiary alicyclic amines) is 2. The minimum Gasteiger partial charge on any atom is -0.506 e. The largest absolute Gasteiger partial charge is 0.506 e. The molecule has 3 N–H and O–H groups in total. The van der Waals surface area contributed by atoms with Gasteiger partial charge in [0, 0.05) is 62.4 Å². The second kappa shape index (κ2) is 14.7. The number of phenolic OH excluding ortho intramolecular Hbond substituents is 1. The monoisotopic (exact) mass is 783 g/mol. The number of para-hydroxylation sites is 1. The molecule has 2 saturated heterocycles. The van der Waals surface area contributed by atoms with Gasteiger partial charge in [-0.2, -0.15) is 0 Å². The zero-order chi connectivity index (χ0) is 33.9. The van der Waals surface area contributed by atoms with Gasteiger partial charge < -0.3 is 30.4 Å². The van der Waals surface area contributed by atoms with Crippen LogP contribution in [-0.2, 0) is 17.8 Å². The van der Waals surface area contributed by atoms with Crippen LogP contribution in [0.4, 0.5) is 19.7 Å². The molecule has 0 spiro atoms. The van der Waals surface area contributed by atoms with Crippen molar-refractivity contribution < 1.29 is 28.7 Å². The van der Waals surface area contributed by atoms with E-state index in [0.717, 1.165) is 16.8 Å². The van der Waals surface area contributed by atoms with Gasteiger partial charge in [0.05, 0.1) is 8.95 Å². The van der Waals surface area contributed by atoms with Crippen molar-refractivity contribution in [3.05, 3.63) is 92.1 Å². The summed E-state index contributed by atoms with van der Waals surface area (Å²) in [6.07, 6.45) is 2.31. The fourth-order valence-corrected chi connectivity index (χ4v) is 8.02. The van der Waals surface area contributed by atoms with Crippen molar-refractivity contribution in [2.45, 2.75) is 50.7 Å². The Morgan fingerprint density at radius 1 is 0.917 bits per heavy atom. The number of phenols is 1. The van der Waals surface area contributed by atoms with Crippen LogP contribution >= 0.6 is 31.9 Å². The Kier molecular flexibility index (Phi) is 10.4. The molecule has 13 heteroatoms. The molecule has 0 saturated carbocycles. The minimum atomic E-state index is -0.896. The number of hydrogen-bond donors (Lipinski definition) is 3. The average Bonchev–Trinajstić information content (AvgIpc) is 3.10. The molecule has 5 amide bonds. The maximum absolute atomic E-state index is 14.0. The van der Waals surface area contributed by atoms with Crippen LogP contribution in [-0.4, -0.2) is 81.8 Å². The summed E-state index contributed by atoms with van der Waals surface area (Å²) in [6, 6.07) is 15.2. The predicted octanol–water partition coefficient (Wildman–Crippen LogP) is 6.31. The maximum Gasteiger partial charge on any atom is 0.322 e. The number of anilines is 1. The van der Waals surface area contributed by atoms with E-state index in [1.54, 1.807) is 21.9 Å². The molecule has 0 bridgehead atoms. The summed E-state index contributed by atoms with van der Waals surface area (Å²) >= 11 is 6.71. The normalized spacial score (nSPS) is 17.8. The molecule has 10 nitrogen and oxygen atoms in total. The van der Waals surface area contributed by atoms with Crippen molar-refractivity contribution in [3.63, 3.8) is 0 Å². The number of aromatic hydroxyl groups is 1. The molecule has 252 valence electrons. The van der Waals surface area contributed by atoms with Crippen LogP contribution in [0, 0.1) is 11.7 Å². The molecule has 48 heavy (non-hydrogen) atoms. The summed E-state index contributed by atoms with van der Waals surface area (Å²) < 4.78 is 14.3. The number of halogens is 3. The van der Waals surface area contributed by atoms with E-state index in [-0.39, 0.29) is 47.9 Å². The number of fused-ring (bicyclic) bond motifs is 1. The SMILES string of the molecule is O=C(c1ccc(F)cc1)C1CCN(C(=O)[C@@H](Cc2cc(Br)c(O)c(Br)c2)NC(=O)N2CCC(N3Cc4ccccc4NC3=O)CC2)CC1. The number of nitrogens with one attached hydrogen (secondary N) is 2. The van der Waals surface area contributed by atoms with Gasteiger partial charge in [0.15, 0.2) is 5.78 Å². The number of amides is 5. The van der Waals surface area contributed by atoms with Crippen molar-refractivity contribution in [1.82, 2.24) is 20.0 Å². The first-order valence-electron chi connectivity index (χ1n) is 16.0. The van der Waals surface area contributed by atoms with E-state index in [1.165, 1.54) is 24.3 Å². The van der Waals surface area contributed by atoms with Gasteiger partial charge in [0.1, 0.15) is 17.6 Å². The Morgan fingerprint density at radius 2 is 1.54 bits per heavy atom. The topological polar surface area (TPSA) is 122 Å². The Bertz CT molecular complexity index is 1680. The number of benzene rings is 3. The number of rotatable bonds is 7. The first-order valence-corrected chi connectivity index (χ1v) is 17.6. The smallest absolute Gasteiger partial charge is 0.322 e. The first-order chi connectivity index (χ1) is 23.1. The van der Waals surface area contributed by atoms with Crippen molar-refractivity contribution >= 4 is 61.3 Å². The van der Waals surface area contributed by atoms with Gasteiger partial charge in [-0.25, -0.2) is 14.0 Å². The van der Waals surface area contributed by atoms with Crippen LogP contribution in [0.5, 0.6) is 5.75 Å². The average molecular weight is 786 g/mol. The highest BCUT2D eigenvalue weighted by molar-refractivity contribution is 9.11. The third kappa shape index (κ3) is 7.52. The molecule has 3 aromatic rings. The first kappa shape index (κ1) is 33.9. The van der Waals surface area contributed by atoms with Gasteiger partial charge in [-0.15, -0.1) is 0 Å². The van der Waals surface area contributed by atoms with E-state index >= 15 is 0 Å². The lowest BCUT2D eigenvalue weighted by molar-refractivity contribution is -0.134. The highest BCUT2D eigenvalue weighted by Crippen LogP contribution is 2.34. The quantitative estimate of drug-likeness (QED) is 0.243. The summed E-state index contributed by atoms with van der Waals surface area (Å²) in [5, 5.41) is 16.2. The summed E-state index contributed by atoms with van der Waals surface area (Å²) in [6.45, 7) is 2.06. The van der Waals surface area contributed by atoms with E-state index in [9.17, 15) is 28.7 Å². The molecule has 2 fully saturated rings. The number of nitrogens with zero attached hydrogens (tertiary/aromatic N) is 3. The molecule has 0 aliphatic carbocycles. The molecule has 0 aromatic heterocycles. The lowest BCUT2D eigenvalue weighted by Gasteiger charge is -2.41. The van der Waals surface area contributed by atoms with Crippen molar-refractivity contribution in [2.75, 3.05) is 31.5 Å². The Hall–Kier alpha value is -3.97. The number of ketones is 1. The number of carbonyl (C=O) groups is 4. The number of piperidine rings is 2. The zero-order valence-electron chi connectivity index (χ0n) is 26.1. The van der Waals surface area contributed by atoms with Crippen LogP contribution in [0.1, 0.15) is 47.2 Å². The van der Waals surface area contributed by atoms with Gasteiger partial charge >= 0.3 is 12.1 Å². The fourth-order valence-electron chi connectivity index (χ4n) is 6.74. The van der Waals surface area contributed by atoms with Crippen LogP contribution in [0.15, 0.2) is 69.6 Å². The highest BCUT2D eigenvalue weighted by atomic mass is 79.9. The van der Waals surface area contributed by atoms with Gasteiger partial charge in [0.2, 0.25) is 5.91 Å². The van der Waals surface area contributed by atoms with Gasteiger partial charge in [0.25, 0.3) is 0 Å². The molecule has 0 radical (unpaired) electrons. The summed E-state index contributed by atoms with van der Waals surface area (Å²) in [7, 11) is 0. The lowest BCUT2D eigenvalue weighted by atomic mass is 9.88. The molecule has 3 aromatic carbocycles. The number of urea groups is 2. The molecular formula is C35H36Br2FN5O5. The minimum absolute atomic E-state index is 0.0227. The van der Waals surface area contributed by atoms with Crippen molar-refractivity contribution in [3.8, 4) is 5.75 Å². The Labute approximate surface area is 294 Å².